The number of carbonyl (C=O) groups excluding carboxylic acids is 1. The molecule has 0 unspecified atom stereocenters. The first-order chi connectivity index (χ1) is 16.2. The van der Waals surface area contributed by atoms with Gasteiger partial charge in [-0.1, -0.05) is 35.9 Å². The van der Waals surface area contributed by atoms with Crippen LogP contribution in [0.25, 0.3) is 17.8 Å². The molecule has 174 valence electrons. The number of piperidine rings is 1. The molecule has 5 rings (SSSR count). The van der Waals surface area contributed by atoms with E-state index in [1.807, 2.05) is 17.0 Å². The van der Waals surface area contributed by atoms with Crippen LogP contribution in [0.15, 0.2) is 42.6 Å². The highest BCUT2D eigenvalue weighted by Gasteiger charge is 2.28. The van der Waals surface area contributed by atoms with Crippen molar-refractivity contribution in [3.8, 4) is 5.69 Å². The molecule has 0 radical (unpaired) electrons. The van der Waals surface area contributed by atoms with Gasteiger partial charge in [0.2, 0.25) is 0 Å². The highest BCUT2D eigenvalue weighted by molar-refractivity contribution is 6.30. The van der Waals surface area contributed by atoms with E-state index in [-0.39, 0.29) is 6.03 Å². The summed E-state index contributed by atoms with van der Waals surface area (Å²) < 4.78 is 2.33. The number of nitrogens with zero attached hydrogens (tertiary/aromatic N) is 3. The van der Waals surface area contributed by atoms with Gasteiger partial charge in [0.25, 0.3) is 0 Å². The number of allylic oxidation sites excluding steroid dienone is 2. The van der Waals surface area contributed by atoms with E-state index in [1.165, 1.54) is 16.1 Å². The number of benzene rings is 1. The Morgan fingerprint density at radius 1 is 0.970 bits per heavy atom. The number of urea groups is 1. The zero-order valence-corrected chi connectivity index (χ0v) is 19.9. The topological polar surface area (TPSA) is 40.5 Å². The molecular formula is C27H33ClN4O. The van der Waals surface area contributed by atoms with E-state index in [2.05, 4.69) is 57.4 Å². The van der Waals surface area contributed by atoms with Gasteiger partial charge in [0.05, 0.1) is 0 Å². The molecule has 0 saturated carbocycles. The maximum Gasteiger partial charge on any atom is 0.320 e. The summed E-state index contributed by atoms with van der Waals surface area (Å²) in [5.41, 5.74) is 2.54. The Balaban J connectivity index is 1.44. The van der Waals surface area contributed by atoms with Gasteiger partial charge >= 0.3 is 6.03 Å². The second kappa shape index (κ2) is 10.2. The van der Waals surface area contributed by atoms with Crippen molar-refractivity contribution >= 4 is 29.8 Å². The molecule has 1 aromatic carbocycles. The van der Waals surface area contributed by atoms with E-state index in [4.69, 9.17) is 11.6 Å². The van der Waals surface area contributed by atoms with Crippen LogP contribution in [0.4, 0.5) is 4.79 Å². The third-order valence-corrected chi connectivity index (χ3v) is 7.38. The van der Waals surface area contributed by atoms with E-state index >= 15 is 0 Å². The molecule has 1 aromatic heterocycles. The van der Waals surface area contributed by atoms with Gasteiger partial charge in [0.1, 0.15) is 0 Å². The van der Waals surface area contributed by atoms with Crippen LogP contribution in [0.3, 0.4) is 0 Å². The van der Waals surface area contributed by atoms with Crippen LogP contribution in [0.1, 0.15) is 43.6 Å². The van der Waals surface area contributed by atoms with Crippen molar-refractivity contribution in [3.63, 3.8) is 0 Å². The van der Waals surface area contributed by atoms with Crippen LogP contribution in [0, 0.1) is 0 Å². The van der Waals surface area contributed by atoms with Crippen LogP contribution in [-0.4, -0.2) is 59.7 Å². The summed E-state index contributed by atoms with van der Waals surface area (Å²) >= 11 is 6.16. The molecule has 33 heavy (non-hydrogen) atoms. The van der Waals surface area contributed by atoms with E-state index in [0.717, 1.165) is 82.1 Å². The lowest BCUT2D eigenvalue weighted by Gasteiger charge is -2.37. The molecule has 5 nitrogen and oxygen atoms in total. The van der Waals surface area contributed by atoms with Crippen molar-refractivity contribution in [2.45, 2.75) is 38.0 Å². The average molecular weight is 465 g/mol. The number of rotatable bonds is 2. The SMILES string of the molecule is O=C(N1CCNCC1)N1CCC(c2cn(-c3ccc(Cl)cc3)c3/c2=C\C=C/CCC/C=3)CC1. The minimum absolute atomic E-state index is 0.211. The lowest BCUT2D eigenvalue weighted by atomic mass is 9.90. The van der Waals surface area contributed by atoms with Crippen molar-refractivity contribution < 1.29 is 4.79 Å². The summed E-state index contributed by atoms with van der Waals surface area (Å²) in [6.45, 7) is 5.07. The summed E-state index contributed by atoms with van der Waals surface area (Å²) in [7, 11) is 0. The molecule has 3 aliphatic rings. The van der Waals surface area contributed by atoms with Crippen molar-refractivity contribution in [2.75, 3.05) is 39.3 Å². The number of aromatic nitrogens is 1. The van der Waals surface area contributed by atoms with Crippen LogP contribution < -0.4 is 15.9 Å². The summed E-state index contributed by atoms with van der Waals surface area (Å²) in [5.74, 6) is 0.457. The minimum atomic E-state index is 0.211. The number of halogens is 1. The highest BCUT2D eigenvalue weighted by Crippen LogP contribution is 2.27. The number of carbonyl (C=O) groups is 1. The summed E-state index contributed by atoms with van der Waals surface area (Å²) in [5, 5.41) is 6.69. The number of likely N-dealkylation sites (tertiary alicyclic amines) is 1. The summed E-state index contributed by atoms with van der Waals surface area (Å²) in [6, 6.07) is 8.32. The number of amides is 2. The molecule has 6 heteroatoms. The van der Waals surface area contributed by atoms with Gasteiger partial charge in [0, 0.05) is 66.7 Å². The van der Waals surface area contributed by atoms with Gasteiger partial charge in [-0.3, -0.25) is 0 Å². The molecule has 2 amide bonds. The Morgan fingerprint density at radius 2 is 1.70 bits per heavy atom. The van der Waals surface area contributed by atoms with Gasteiger partial charge in [-0.15, -0.1) is 0 Å². The average Bonchev–Trinajstić information content (AvgIpc) is 3.26. The van der Waals surface area contributed by atoms with Crippen molar-refractivity contribution in [1.82, 2.24) is 19.7 Å². The molecule has 0 atom stereocenters. The third kappa shape index (κ3) is 4.90. The van der Waals surface area contributed by atoms with E-state index in [1.54, 1.807) is 0 Å². The van der Waals surface area contributed by atoms with Crippen molar-refractivity contribution in [3.05, 3.63) is 63.8 Å². The number of fused-ring (bicyclic) bond motifs is 1. The highest BCUT2D eigenvalue weighted by atomic mass is 35.5. The van der Waals surface area contributed by atoms with E-state index in [0.29, 0.717) is 5.92 Å². The molecule has 0 bridgehead atoms. The summed E-state index contributed by atoms with van der Waals surface area (Å²) in [6.07, 6.45) is 16.9. The maximum atomic E-state index is 13.0. The second-order valence-corrected chi connectivity index (χ2v) is 9.68. The lowest BCUT2D eigenvalue weighted by Crippen LogP contribution is -2.53. The molecule has 3 heterocycles. The molecule has 2 aliphatic heterocycles. The third-order valence-electron chi connectivity index (χ3n) is 7.12. The molecule has 0 spiro atoms. The van der Waals surface area contributed by atoms with Gasteiger partial charge in [0.15, 0.2) is 0 Å². The second-order valence-electron chi connectivity index (χ2n) is 9.24. The predicted molar refractivity (Wildman–Crippen MR) is 135 cm³/mol. The number of hydrogen-bond acceptors (Lipinski definition) is 2. The molecule has 1 N–H and O–H groups in total. The van der Waals surface area contributed by atoms with Crippen LogP contribution in [-0.2, 0) is 0 Å². The fraction of sp³-hybridized carbons (Fsp3) is 0.444. The van der Waals surface area contributed by atoms with Gasteiger partial charge in [-0.2, -0.15) is 0 Å². The molecule has 2 fully saturated rings. The predicted octanol–water partition coefficient (Wildman–Crippen LogP) is 3.64. The standard InChI is InChI=1S/C27H33ClN4O/c28-22-8-10-23(11-9-22)32-20-25(24-6-4-2-1-3-5-7-26(24)32)21-12-16-30(17-13-21)27(33)31-18-14-29-15-19-31/h2,4,6-11,20-21,29H,1,3,5,12-19H2/b4-2-,24-6-,26-7-. The number of piperazine rings is 1. The minimum Gasteiger partial charge on any atom is -0.325 e. The van der Waals surface area contributed by atoms with Crippen molar-refractivity contribution in [2.24, 2.45) is 0 Å². The van der Waals surface area contributed by atoms with Gasteiger partial charge in [-0.25, -0.2) is 4.79 Å². The van der Waals surface area contributed by atoms with Gasteiger partial charge < -0.3 is 19.7 Å². The monoisotopic (exact) mass is 464 g/mol. The molecule has 2 saturated heterocycles. The first kappa shape index (κ1) is 22.3. The number of nitrogens with one attached hydrogen (secondary N) is 1. The molecule has 2 aromatic rings. The van der Waals surface area contributed by atoms with Crippen LogP contribution in [0.2, 0.25) is 5.02 Å². The normalized spacial score (nSPS) is 22.7. The number of hydrogen-bond donors (Lipinski definition) is 1. The zero-order chi connectivity index (χ0) is 22.6. The van der Waals surface area contributed by atoms with Crippen LogP contribution >= 0.6 is 11.6 Å². The van der Waals surface area contributed by atoms with E-state index < -0.39 is 0 Å². The first-order valence-corrected chi connectivity index (χ1v) is 12.7. The van der Waals surface area contributed by atoms with Gasteiger partial charge in [-0.05, 0) is 67.9 Å². The Hall–Kier alpha value is -2.50. The smallest absolute Gasteiger partial charge is 0.320 e. The molecular weight excluding hydrogens is 432 g/mol. The largest absolute Gasteiger partial charge is 0.325 e. The first-order valence-electron chi connectivity index (χ1n) is 12.3. The van der Waals surface area contributed by atoms with Crippen molar-refractivity contribution in [1.29, 1.82) is 0 Å². The Labute approximate surface area is 201 Å². The Morgan fingerprint density at radius 3 is 2.45 bits per heavy atom. The Kier molecular flexibility index (Phi) is 6.88. The zero-order valence-electron chi connectivity index (χ0n) is 19.2. The molecule has 1 aliphatic carbocycles. The quantitative estimate of drug-likeness (QED) is 0.737. The fourth-order valence-corrected chi connectivity index (χ4v) is 5.39. The van der Waals surface area contributed by atoms with Crippen LogP contribution in [0.5, 0.6) is 0 Å². The maximum absolute atomic E-state index is 13.0. The van der Waals surface area contributed by atoms with E-state index in [9.17, 15) is 4.79 Å². The Bertz CT molecular complexity index is 1120. The lowest BCUT2D eigenvalue weighted by molar-refractivity contribution is 0.134. The fourth-order valence-electron chi connectivity index (χ4n) is 5.26. The summed E-state index contributed by atoms with van der Waals surface area (Å²) in [4.78, 5) is 17.0.